The van der Waals surface area contributed by atoms with Crippen molar-refractivity contribution in [1.29, 1.82) is 0 Å². The fourth-order valence-corrected chi connectivity index (χ4v) is 3.26. The number of carboxylic acids is 1. The zero-order valence-corrected chi connectivity index (χ0v) is 16.0. The second-order valence-corrected chi connectivity index (χ2v) is 7.23. The molecule has 26 heavy (non-hydrogen) atoms. The Morgan fingerprint density at radius 1 is 1.15 bits per heavy atom. The van der Waals surface area contributed by atoms with Gasteiger partial charge in [-0.3, -0.25) is 18.7 Å². The lowest BCUT2D eigenvalue weighted by molar-refractivity contribution is -0.137. The van der Waals surface area contributed by atoms with Gasteiger partial charge in [0, 0.05) is 14.2 Å². The molecule has 0 saturated carbocycles. The van der Waals surface area contributed by atoms with Crippen molar-refractivity contribution in [3.05, 3.63) is 77.2 Å². The monoisotopic (exact) mass is 488 g/mol. The summed E-state index contributed by atoms with van der Waals surface area (Å²) in [4.78, 5) is 36.6. The minimum absolute atomic E-state index is 0.120. The Kier molecular flexibility index (Phi) is 5.15. The third kappa shape index (κ3) is 3.51. The number of carboxylic acid groups (broad SMARTS) is 1. The van der Waals surface area contributed by atoms with E-state index < -0.39 is 29.6 Å². The van der Waals surface area contributed by atoms with Crippen molar-refractivity contribution < 1.29 is 14.3 Å². The molecular weight excluding hydrogens is 478 g/mol. The first-order valence-electron chi connectivity index (χ1n) is 7.36. The second-order valence-electron chi connectivity index (χ2n) is 5.55. The molecule has 0 fully saturated rings. The van der Waals surface area contributed by atoms with E-state index in [0.29, 0.717) is 3.57 Å². The molecule has 3 rings (SSSR count). The third-order valence-electron chi connectivity index (χ3n) is 3.82. The molecule has 2 aromatic carbocycles. The average Bonchev–Trinajstić information content (AvgIpc) is 2.57. The molecule has 0 aliphatic rings. The Balaban J connectivity index is 2.28. The van der Waals surface area contributed by atoms with Crippen LogP contribution >= 0.6 is 34.2 Å². The summed E-state index contributed by atoms with van der Waals surface area (Å²) in [6.07, 6.45) is 0. The number of aliphatic carboxylic acids is 1. The first kappa shape index (κ1) is 18.6. The van der Waals surface area contributed by atoms with Crippen molar-refractivity contribution in [2.45, 2.75) is 13.1 Å². The molecule has 0 aliphatic carbocycles. The Morgan fingerprint density at radius 3 is 2.54 bits per heavy atom. The lowest BCUT2D eigenvalue weighted by Gasteiger charge is -2.13. The molecule has 0 saturated heterocycles. The van der Waals surface area contributed by atoms with Crippen LogP contribution in [0.2, 0.25) is 5.02 Å². The predicted octanol–water partition coefficient (Wildman–Crippen LogP) is 2.69. The highest BCUT2D eigenvalue weighted by Gasteiger charge is 2.17. The van der Waals surface area contributed by atoms with E-state index in [2.05, 4.69) is 0 Å². The maximum Gasteiger partial charge on any atom is 0.332 e. The average molecular weight is 489 g/mol. The molecule has 6 nitrogen and oxygen atoms in total. The van der Waals surface area contributed by atoms with Gasteiger partial charge in [-0.25, -0.2) is 9.18 Å². The molecule has 1 heterocycles. The predicted molar refractivity (Wildman–Crippen MR) is 103 cm³/mol. The van der Waals surface area contributed by atoms with Crippen LogP contribution in [0.3, 0.4) is 0 Å². The van der Waals surface area contributed by atoms with Gasteiger partial charge in [-0.1, -0.05) is 17.7 Å². The number of fused-ring (bicyclic) bond motifs is 1. The van der Waals surface area contributed by atoms with Crippen molar-refractivity contribution in [2.24, 2.45) is 0 Å². The number of halogens is 3. The van der Waals surface area contributed by atoms with Crippen molar-refractivity contribution >= 4 is 51.1 Å². The molecular formula is C17H11ClFIN2O4. The van der Waals surface area contributed by atoms with Gasteiger partial charge in [-0.05, 0) is 52.9 Å². The van der Waals surface area contributed by atoms with Crippen LogP contribution in [0.1, 0.15) is 5.56 Å². The van der Waals surface area contributed by atoms with Gasteiger partial charge in [0.1, 0.15) is 12.4 Å². The fourth-order valence-electron chi connectivity index (χ4n) is 2.64. The van der Waals surface area contributed by atoms with Crippen LogP contribution in [0.4, 0.5) is 4.39 Å². The van der Waals surface area contributed by atoms with E-state index in [-0.39, 0.29) is 28.0 Å². The lowest BCUT2D eigenvalue weighted by Crippen LogP contribution is -2.41. The van der Waals surface area contributed by atoms with E-state index in [1.807, 2.05) is 22.6 Å². The second kappa shape index (κ2) is 7.20. The normalized spacial score (nSPS) is 11.0. The maximum absolute atomic E-state index is 14.1. The van der Waals surface area contributed by atoms with E-state index in [1.165, 1.54) is 30.3 Å². The summed E-state index contributed by atoms with van der Waals surface area (Å²) in [7, 11) is 0. The Bertz CT molecular complexity index is 1160. The van der Waals surface area contributed by atoms with Gasteiger partial charge in [0.2, 0.25) is 0 Å². The summed E-state index contributed by atoms with van der Waals surface area (Å²) in [5.74, 6) is -1.80. The van der Waals surface area contributed by atoms with Crippen molar-refractivity contribution in [1.82, 2.24) is 9.13 Å². The Morgan fingerprint density at radius 2 is 1.88 bits per heavy atom. The zero-order chi connectivity index (χ0) is 19.0. The van der Waals surface area contributed by atoms with Crippen LogP contribution < -0.4 is 11.2 Å². The van der Waals surface area contributed by atoms with E-state index in [9.17, 15) is 18.8 Å². The van der Waals surface area contributed by atoms with Crippen molar-refractivity contribution in [3.63, 3.8) is 0 Å². The molecule has 0 spiro atoms. The molecule has 3 aromatic rings. The van der Waals surface area contributed by atoms with E-state index >= 15 is 0 Å². The number of carbonyl (C=O) groups is 1. The summed E-state index contributed by atoms with van der Waals surface area (Å²) in [5.41, 5.74) is -1.21. The number of hydrogen-bond donors (Lipinski definition) is 1. The van der Waals surface area contributed by atoms with Gasteiger partial charge in [-0.15, -0.1) is 0 Å². The van der Waals surface area contributed by atoms with E-state index in [4.69, 9.17) is 16.7 Å². The zero-order valence-electron chi connectivity index (χ0n) is 13.1. The van der Waals surface area contributed by atoms with Gasteiger partial charge in [-0.2, -0.15) is 0 Å². The molecule has 9 heteroatoms. The summed E-state index contributed by atoms with van der Waals surface area (Å²) in [6.45, 7) is -0.955. The third-order valence-corrected chi connectivity index (χ3v) is 4.73. The molecule has 0 bridgehead atoms. The van der Waals surface area contributed by atoms with Crippen LogP contribution in [-0.4, -0.2) is 20.2 Å². The number of nitrogens with zero attached hydrogens (tertiary/aromatic N) is 2. The molecule has 0 radical (unpaired) electrons. The highest BCUT2D eigenvalue weighted by Crippen LogP contribution is 2.17. The molecule has 0 atom stereocenters. The van der Waals surface area contributed by atoms with Crippen LogP contribution in [0.15, 0.2) is 46.0 Å². The van der Waals surface area contributed by atoms with Crippen LogP contribution in [0.5, 0.6) is 0 Å². The van der Waals surface area contributed by atoms with Gasteiger partial charge in [0.05, 0.1) is 17.4 Å². The summed E-state index contributed by atoms with van der Waals surface area (Å²) in [5, 5.41) is 9.49. The summed E-state index contributed by atoms with van der Waals surface area (Å²) < 4.78 is 16.6. The molecule has 0 unspecified atom stereocenters. The number of rotatable bonds is 4. The van der Waals surface area contributed by atoms with Crippen molar-refractivity contribution in [2.75, 3.05) is 0 Å². The standard InChI is InChI=1S/C17H11ClFIN2O4/c18-10-2-4-12-14(5-10)21(8-15(23)24)17(26)22(16(12)25)7-9-1-3-11(20)6-13(9)19/h1-6H,7-8H2,(H,23,24). The van der Waals surface area contributed by atoms with E-state index in [0.717, 1.165) is 9.13 Å². The Hall–Kier alpha value is -2.20. The quantitative estimate of drug-likeness (QED) is 0.573. The number of benzene rings is 2. The molecule has 0 aliphatic heterocycles. The van der Waals surface area contributed by atoms with Gasteiger partial charge in [0.15, 0.2) is 0 Å². The van der Waals surface area contributed by atoms with E-state index in [1.54, 1.807) is 6.07 Å². The lowest BCUT2D eigenvalue weighted by atomic mass is 10.2. The van der Waals surface area contributed by atoms with Gasteiger partial charge in [0.25, 0.3) is 5.56 Å². The first-order chi connectivity index (χ1) is 12.3. The smallest absolute Gasteiger partial charge is 0.332 e. The maximum atomic E-state index is 14.1. The highest BCUT2D eigenvalue weighted by molar-refractivity contribution is 14.1. The van der Waals surface area contributed by atoms with Crippen molar-refractivity contribution in [3.8, 4) is 0 Å². The SMILES string of the molecule is O=C(O)Cn1c(=O)n(Cc2ccc(I)cc2F)c(=O)c2ccc(Cl)cc21. The highest BCUT2D eigenvalue weighted by atomic mass is 127. The summed E-state index contributed by atoms with van der Waals surface area (Å²) >= 11 is 7.86. The number of hydrogen-bond acceptors (Lipinski definition) is 3. The number of aromatic nitrogens is 2. The van der Waals surface area contributed by atoms with Crippen LogP contribution in [0.25, 0.3) is 10.9 Å². The molecule has 0 amide bonds. The largest absolute Gasteiger partial charge is 0.480 e. The molecule has 1 aromatic heterocycles. The van der Waals surface area contributed by atoms with Gasteiger partial charge < -0.3 is 5.11 Å². The Labute approximate surface area is 164 Å². The first-order valence-corrected chi connectivity index (χ1v) is 8.82. The summed E-state index contributed by atoms with van der Waals surface area (Å²) in [6, 6.07) is 8.67. The fraction of sp³-hybridized carbons (Fsp3) is 0.118. The minimum Gasteiger partial charge on any atom is -0.480 e. The topological polar surface area (TPSA) is 81.3 Å². The van der Waals surface area contributed by atoms with Crippen LogP contribution in [0, 0.1) is 9.39 Å². The molecule has 134 valence electrons. The minimum atomic E-state index is -1.25. The molecule has 1 N–H and O–H groups in total. The van der Waals surface area contributed by atoms with Crippen LogP contribution in [-0.2, 0) is 17.9 Å². The van der Waals surface area contributed by atoms with Gasteiger partial charge >= 0.3 is 11.7 Å².